The molecule has 0 aliphatic rings. The summed E-state index contributed by atoms with van der Waals surface area (Å²) in [6, 6.07) is 7.70. The lowest BCUT2D eigenvalue weighted by molar-refractivity contribution is 0.450. The number of aromatic nitrogens is 2. The third-order valence-corrected chi connectivity index (χ3v) is 2.71. The SMILES string of the molecule is CCC(N)Cc1cccnc1Oc1cccnc1. The van der Waals surface area contributed by atoms with Gasteiger partial charge in [0.15, 0.2) is 0 Å². The van der Waals surface area contributed by atoms with E-state index in [-0.39, 0.29) is 6.04 Å². The molecule has 0 radical (unpaired) electrons. The van der Waals surface area contributed by atoms with Crippen LogP contribution in [0, 0.1) is 0 Å². The monoisotopic (exact) mass is 243 g/mol. The van der Waals surface area contributed by atoms with Crippen molar-refractivity contribution in [1.29, 1.82) is 0 Å². The molecule has 1 unspecified atom stereocenters. The summed E-state index contributed by atoms with van der Waals surface area (Å²) in [5.41, 5.74) is 7.00. The molecule has 18 heavy (non-hydrogen) atoms. The van der Waals surface area contributed by atoms with E-state index < -0.39 is 0 Å². The molecule has 0 aliphatic heterocycles. The Bertz CT molecular complexity index is 487. The number of hydrogen-bond donors (Lipinski definition) is 1. The van der Waals surface area contributed by atoms with Gasteiger partial charge >= 0.3 is 0 Å². The van der Waals surface area contributed by atoms with Gasteiger partial charge in [0.05, 0.1) is 6.20 Å². The molecule has 2 N–H and O–H groups in total. The molecule has 94 valence electrons. The standard InChI is InChI=1S/C14H17N3O/c1-2-12(15)9-11-5-3-8-17-14(11)18-13-6-4-7-16-10-13/h3-8,10,12H,2,9,15H2,1H3. The van der Waals surface area contributed by atoms with E-state index in [0.717, 1.165) is 18.4 Å². The second-order valence-electron chi connectivity index (χ2n) is 4.13. The molecule has 0 aliphatic carbocycles. The van der Waals surface area contributed by atoms with E-state index in [4.69, 9.17) is 10.5 Å². The van der Waals surface area contributed by atoms with Crippen LogP contribution in [0.5, 0.6) is 11.6 Å². The number of ether oxygens (including phenoxy) is 1. The molecule has 0 spiro atoms. The van der Waals surface area contributed by atoms with E-state index >= 15 is 0 Å². The van der Waals surface area contributed by atoms with Gasteiger partial charge in [-0.25, -0.2) is 4.98 Å². The van der Waals surface area contributed by atoms with Gasteiger partial charge in [0.1, 0.15) is 5.75 Å². The van der Waals surface area contributed by atoms with Gasteiger partial charge in [-0.05, 0) is 31.0 Å². The van der Waals surface area contributed by atoms with Crippen LogP contribution in [0.15, 0.2) is 42.9 Å². The van der Waals surface area contributed by atoms with Crippen molar-refractivity contribution < 1.29 is 4.74 Å². The van der Waals surface area contributed by atoms with E-state index in [9.17, 15) is 0 Å². The fourth-order valence-electron chi connectivity index (χ4n) is 1.62. The number of nitrogens with two attached hydrogens (primary N) is 1. The molecule has 2 heterocycles. The normalized spacial score (nSPS) is 12.1. The van der Waals surface area contributed by atoms with Gasteiger partial charge in [0, 0.05) is 24.0 Å². The van der Waals surface area contributed by atoms with E-state index in [1.165, 1.54) is 0 Å². The molecule has 2 rings (SSSR count). The number of pyridine rings is 2. The Kier molecular flexibility index (Phi) is 4.25. The van der Waals surface area contributed by atoms with E-state index in [0.29, 0.717) is 11.6 Å². The van der Waals surface area contributed by atoms with Gasteiger partial charge in [0.25, 0.3) is 0 Å². The van der Waals surface area contributed by atoms with Gasteiger partial charge in [-0.2, -0.15) is 0 Å². The van der Waals surface area contributed by atoms with Crippen LogP contribution >= 0.6 is 0 Å². The van der Waals surface area contributed by atoms with Gasteiger partial charge in [-0.3, -0.25) is 4.98 Å². The highest BCUT2D eigenvalue weighted by Gasteiger charge is 2.09. The molecule has 4 heteroatoms. The molecular formula is C14H17N3O. The molecule has 0 fully saturated rings. The topological polar surface area (TPSA) is 61.0 Å². The fourth-order valence-corrected chi connectivity index (χ4v) is 1.62. The minimum atomic E-state index is 0.130. The molecule has 4 nitrogen and oxygen atoms in total. The molecule has 0 amide bonds. The molecule has 0 saturated heterocycles. The van der Waals surface area contributed by atoms with Gasteiger partial charge in [-0.15, -0.1) is 0 Å². The van der Waals surface area contributed by atoms with Crippen molar-refractivity contribution in [3.8, 4) is 11.6 Å². The Morgan fingerprint density at radius 3 is 2.83 bits per heavy atom. The lowest BCUT2D eigenvalue weighted by atomic mass is 10.1. The van der Waals surface area contributed by atoms with Crippen molar-refractivity contribution in [3.63, 3.8) is 0 Å². The maximum atomic E-state index is 5.97. The molecule has 0 bridgehead atoms. The maximum absolute atomic E-state index is 5.97. The van der Waals surface area contributed by atoms with Crippen LogP contribution in [0.1, 0.15) is 18.9 Å². The number of rotatable bonds is 5. The summed E-state index contributed by atoms with van der Waals surface area (Å²) in [5, 5.41) is 0. The van der Waals surface area contributed by atoms with Crippen LogP contribution in [0.25, 0.3) is 0 Å². The number of hydrogen-bond acceptors (Lipinski definition) is 4. The summed E-state index contributed by atoms with van der Waals surface area (Å²) in [4.78, 5) is 8.27. The van der Waals surface area contributed by atoms with E-state index in [1.54, 1.807) is 18.6 Å². The Labute approximate surface area is 107 Å². The highest BCUT2D eigenvalue weighted by atomic mass is 16.5. The van der Waals surface area contributed by atoms with Crippen LogP contribution in [-0.2, 0) is 6.42 Å². The predicted molar refractivity (Wildman–Crippen MR) is 70.5 cm³/mol. The number of nitrogens with zero attached hydrogens (tertiary/aromatic N) is 2. The van der Waals surface area contributed by atoms with Crippen molar-refractivity contribution in [1.82, 2.24) is 9.97 Å². The maximum Gasteiger partial charge on any atom is 0.222 e. The zero-order valence-corrected chi connectivity index (χ0v) is 10.4. The Morgan fingerprint density at radius 2 is 2.11 bits per heavy atom. The van der Waals surface area contributed by atoms with Crippen molar-refractivity contribution in [3.05, 3.63) is 48.4 Å². The Hall–Kier alpha value is -1.94. The second-order valence-corrected chi connectivity index (χ2v) is 4.13. The van der Waals surface area contributed by atoms with Crippen molar-refractivity contribution in [2.75, 3.05) is 0 Å². The van der Waals surface area contributed by atoms with Crippen molar-refractivity contribution in [2.45, 2.75) is 25.8 Å². The van der Waals surface area contributed by atoms with Gasteiger partial charge in [0.2, 0.25) is 5.88 Å². The third kappa shape index (κ3) is 3.28. The van der Waals surface area contributed by atoms with Gasteiger partial charge in [-0.1, -0.05) is 13.0 Å². The van der Waals surface area contributed by atoms with Crippen molar-refractivity contribution in [2.24, 2.45) is 5.73 Å². The molecule has 1 atom stereocenters. The van der Waals surface area contributed by atoms with E-state index in [1.807, 2.05) is 24.3 Å². The first-order chi connectivity index (χ1) is 8.79. The van der Waals surface area contributed by atoms with Crippen molar-refractivity contribution >= 4 is 0 Å². The van der Waals surface area contributed by atoms with Crippen LogP contribution in [0.4, 0.5) is 0 Å². The fraction of sp³-hybridized carbons (Fsp3) is 0.286. The zero-order chi connectivity index (χ0) is 12.8. The summed E-state index contributed by atoms with van der Waals surface area (Å²) in [6.07, 6.45) is 6.78. The second kappa shape index (κ2) is 6.12. The summed E-state index contributed by atoms with van der Waals surface area (Å²) in [5.74, 6) is 1.29. The summed E-state index contributed by atoms with van der Waals surface area (Å²) < 4.78 is 5.73. The highest BCUT2D eigenvalue weighted by Crippen LogP contribution is 2.22. The largest absolute Gasteiger partial charge is 0.437 e. The minimum Gasteiger partial charge on any atom is -0.437 e. The van der Waals surface area contributed by atoms with Crippen LogP contribution in [0.2, 0.25) is 0 Å². The predicted octanol–water partition coefficient (Wildman–Crippen LogP) is 2.55. The molecule has 2 aromatic heterocycles. The lowest BCUT2D eigenvalue weighted by Crippen LogP contribution is -2.21. The molecular weight excluding hydrogens is 226 g/mol. The average Bonchev–Trinajstić information content (AvgIpc) is 2.42. The summed E-state index contributed by atoms with van der Waals surface area (Å²) in [6.45, 7) is 2.07. The first kappa shape index (κ1) is 12.5. The Balaban J connectivity index is 2.17. The van der Waals surface area contributed by atoms with Crippen LogP contribution < -0.4 is 10.5 Å². The first-order valence-electron chi connectivity index (χ1n) is 6.07. The van der Waals surface area contributed by atoms with E-state index in [2.05, 4.69) is 16.9 Å². The van der Waals surface area contributed by atoms with Crippen LogP contribution in [0.3, 0.4) is 0 Å². The Morgan fingerprint density at radius 1 is 1.28 bits per heavy atom. The first-order valence-corrected chi connectivity index (χ1v) is 6.07. The van der Waals surface area contributed by atoms with Gasteiger partial charge < -0.3 is 10.5 Å². The highest BCUT2D eigenvalue weighted by molar-refractivity contribution is 5.31. The zero-order valence-electron chi connectivity index (χ0n) is 10.4. The average molecular weight is 243 g/mol. The smallest absolute Gasteiger partial charge is 0.222 e. The minimum absolute atomic E-state index is 0.130. The van der Waals surface area contributed by atoms with Crippen LogP contribution in [-0.4, -0.2) is 16.0 Å². The summed E-state index contributed by atoms with van der Waals surface area (Å²) >= 11 is 0. The quantitative estimate of drug-likeness (QED) is 0.876. The molecule has 0 saturated carbocycles. The molecule has 2 aromatic rings. The summed E-state index contributed by atoms with van der Waals surface area (Å²) in [7, 11) is 0. The lowest BCUT2D eigenvalue weighted by Gasteiger charge is -2.12. The molecule has 0 aromatic carbocycles. The third-order valence-electron chi connectivity index (χ3n) is 2.71.